The number of sulfonamides is 1. The van der Waals surface area contributed by atoms with Gasteiger partial charge in [0.15, 0.2) is 0 Å². The highest BCUT2D eigenvalue weighted by molar-refractivity contribution is 7.89. The summed E-state index contributed by atoms with van der Waals surface area (Å²) < 4.78 is 53.4. The normalized spacial score (nSPS) is 17.7. The molecule has 3 nitrogen and oxygen atoms in total. The molecule has 2 aromatic rings. The summed E-state index contributed by atoms with van der Waals surface area (Å²) in [6.45, 7) is 0. The van der Waals surface area contributed by atoms with Gasteiger partial charge in [0.25, 0.3) is 0 Å². The monoisotopic (exact) mass is 309 g/mol. The highest BCUT2D eigenvalue weighted by Crippen LogP contribution is 2.32. The Morgan fingerprint density at radius 2 is 1.71 bits per heavy atom. The number of rotatable bonds is 3. The number of nitrogens with one attached hydrogen (secondary N) is 1. The van der Waals surface area contributed by atoms with Crippen LogP contribution in [0.2, 0.25) is 0 Å². The van der Waals surface area contributed by atoms with Crippen LogP contribution in [0.25, 0.3) is 0 Å². The number of hydrogen-bond donors (Lipinski definition) is 1. The molecule has 0 saturated heterocycles. The van der Waals surface area contributed by atoms with Crippen LogP contribution in [0.5, 0.6) is 0 Å². The van der Waals surface area contributed by atoms with Gasteiger partial charge in [0.2, 0.25) is 10.0 Å². The van der Waals surface area contributed by atoms with E-state index in [0.29, 0.717) is 12.5 Å². The van der Waals surface area contributed by atoms with Crippen molar-refractivity contribution >= 4 is 10.0 Å². The van der Waals surface area contributed by atoms with Crippen LogP contribution in [0.1, 0.15) is 23.6 Å². The number of aryl methyl sites for hydroxylation is 1. The molecule has 0 saturated carbocycles. The standard InChI is InChI=1S/C15H13F2NO2S/c16-11-7-12(17)9-13(8-11)21(19,20)18-15-6-5-10-3-1-2-4-14(10)15/h1-4,7-9,15,18H,5-6H2/t15-/m0/s1. The highest BCUT2D eigenvalue weighted by atomic mass is 32.2. The van der Waals surface area contributed by atoms with Gasteiger partial charge in [0.05, 0.1) is 4.90 Å². The van der Waals surface area contributed by atoms with Gasteiger partial charge in [-0.3, -0.25) is 0 Å². The summed E-state index contributed by atoms with van der Waals surface area (Å²) in [5.41, 5.74) is 2.01. The van der Waals surface area contributed by atoms with E-state index in [4.69, 9.17) is 0 Å². The molecule has 110 valence electrons. The molecule has 6 heteroatoms. The van der Waals surface area contributed by atoms with E-state index in [1.165, 1.54) is 0 Å². The quantitative estimate of drug-likeness (QED) is 0.947. The zero-order valence-electron chi connectivity index (χ0n) is 11.0. The Labute approximate surface area is 121 Å². The predicted octanol–water partition coefficient (Wildman–Crippen LogP) is 2.93. The molecule has 1 aliphatic rings. The van der Waals surface area contributed by atoms with Crippen molar-refractivity contribution in [3.63, 3.8) is 0 Å². The van der Waals surface area contributed by atoms with Gasteiger partial charge in [-0.15, -0.1) is 0 Å². The number of fused-ring (bicyclic) bond motifs is 1. The number of hydrogen-bond acceptors (Lipinski definition) is 2. The maximum Gasteiger partial charge on any atom is 0.241 e. The molecule has 1 N–H and O–H groups in total. The highest BCUT2D eigenvalue weighted by Gasteiger charge is 2.27. The van der Waals surface area contributed by atoms with Gasteiger partial charge < -0.3 is 0 Å². The maximum atomic E-state index is 13.2. The third-order valence-electron chi connectivity index (χ3n) is 3.58. The molecule has 0 fully saturated rings. The molecule has 1 aliphatic carbocycles. The van der Waals surface area contributed by atoms with Crippen molar-refractivity contribution in [2.75, 3.05) is 0 Å². The maximum absolute atomic E-state index is 13.2. The van der Waals surface area contributed by atoms with Gasteiger partial charge in [0.1, 0.15) is 11.6 Å². The topological polar surface area (TPSA) is 46.2 Å². The molecular weight excluding hydrogens is 296 g/mol. The molecule has 1 atom stereocenters. The number of benzene rings is 2. The van der Waals surface area contributed by atoms with Crippen molar-refractivity contribution in [2.45, 2.75) is 23.8 Å². The fraction of sp³-hybridized carbons (Fsp3) is 0.200. The SMILES string of the molecule is O=S(=O)(N[C@H]1CCc2ccccc21)c1cc(F)cc(F)c1. The fourth-order valence-electron chi connectivity index (χ4n) is 2.62. The van der Waals surface area contributed by atoms with Crippen molar-refractivity contribution in [1.29, 1.82) is 0 Å². The van der Waals surface area contributed by atoms with Crippen LogP contribution in [-0.2, 0) is 16.4 Å². The van der Waals surface area contributed by atoms with Gasteiger partial charge >= 0.3 is 0 Å². The molecule has 21 heavy (non-hydrogen) atoms. The average molecular weight is 309 g/mol. The van der Waals surface area contributed by atoms with Crippen molar-refractivity contribution in [2.24, 2.45) is 0 Å². The lowest BCUT2D eigenvalue weighted by molar-refractivity contribution is 0.545. The third-order valence-corrected chi connectivity index (χ3v) is 5.03. The largest absolute Gasteiger partial charge is 0.241 e. The molecular formula is C15H13F2NO2S. The molecule has 2 aromatic carbocycles. The molecule has 0 aromatic heterocycles. The molecule has 0 spiro atoms. The molecule has 0 radical (unpaired) electrons. The Bertz CT molecular complexity index is 770. The van der Waals surface area contributed by atoms with Crippen LogP contribution < -0.4 is 4.72 Å². The van der Waals surface area contributed by atoms with Gasteiger partial charge in [-0.25, -0.2) is 21.9 Å². The predicted molar refractivity (Wildman–Crippen MR) is 74.2 cm³/mol. The third kappa shape index (κ3) is 2.82. The van der Waals surface area contributed by atoms with E-state index in [-0.39, 0.29) is 6.04 Å². The first kappa shape index (κ1) is 14.2. The Kier molecular flexibility index (Phi) is 3.51. The first-order chi connectivity index (χ1) is 9.95. The van der Waals surface area contributed by atoms with E-state index in [1.807, 2.05) is 24.3 Å². The summed E-state index contributed by atoms with van der Waals surface area (Å²) in [6.07, 6.45) is 1.41. The zero-order chi connectivity index (χ0) is 15.0. The van der Waals surface area contributed by atoms with E-state index in [0.717, 1.165) is 29.7 Å². The van der Waals surface area contributed by atoms with Crippen LogP contribution >= 0.6 is 0 Å². The molecule has 0 aliphatic heterocycles. The summed E-state index contributed by atoms with van der Waals surface area (Å²) in [5.74, 6) is -1.83. The molecule has 0 heterocycles. The van der Waals surface area contributed by atoms with Gasteiger partial charge in [-0.05, 0) is 36.1 Å². The summed E-state index contributed by atoms with van der Waals surface area (Å²) in [4.78, 5) is -0.399. The second-order valence-corrected chi connectivity index (χ2v) is 6.73. The number of halogens is 2. The Morgan fingerprint density at radius 1 is 1.05 bits per heavy atom. The van der Waals surface area contributed by atoms with E-state index in [2.05, 4.69) is 4.72 Å². The van der Waals surface area contributed by atoms with Gasteiger partial charge in [-0.2, -0.15) is 0 Å². The second kappa shape index (κ2) is 5.20. The first-order valence-electron chi connectivity index (χ1n) is 6.52. The Morgan fingerprint density at radius 3 is 2.43 bits per heavy atom. The summed E-state index contributed by atoms with van der Waals surface area (Å²) in [6, 6.07) is 9.46. The lowest BCUT2D eigenvalue weighted by Crippen LogP contribution is -2.27. The lowest BCUT2D eigenvalue weighted by Gasteiger charge is -2.14. The van der Waals surface area contributed by atoms with E-state index in [1.54, 1.807) is 0 Å². The van der Waals surface area contributed by atoms with Crippen molar-refractivity contribution in [3.05, 3.63) is 65.2 Å². The minimum Gasteiger partial charge on any atom is -0.207 e. The van der Waals surface area contributed by atoms with Gasteiger partial charge in [0, 0.05) is 12.1 Å². The minimum absolute atomic E-state index is 0.363. The van der Waals surface area contributed by atoms with Crippen LogP contribution in [0.3, 0.4) is 0 Å². The van der Waals surface area contributed by atoms with E-state index < -0.39 is 26.6 Å². The van der Waals surface area contributed by atoms with Gasteiger partial charge in [-0.1, -0.05) is 24.3 Å². The van der Waals surface area contributed by atoms with Crippen LogP contribution in [0.15, 0.2) is 47.4 Å². The van der Waals surface area contributed by atoms with Crippen LogP contribution in [-0.4, -0.2) is 8.42 Å². The van der Waals surface area contributed by atoms with Crippen LogP contribution in [0, 0.1) is 11.6 Å². The lowest BCUT2D eigenvalue weighted by atomic mass is 10.1. The van der Waals surface area contributed by atoms with Crippen molar-refractivity contribution in [1.82, 2.24) is 4.72 Å². The fourth-order valence-corrected chi connectivity index (χ4v) is 3.91. The average Bonchev–Trinajstić information content (AvgIpc) is 2.81. The van der Waals surface area contributed by atoms with E-state index in [9.17, 15) is 17.2 Å². The summed E-state index contributed by atoms with van der Waals surface area (Å²) in [5, 5.41) is 0. The molecule has 0 amide bonds. The molecule has 3 rings (SSSR count). The molecule has 0 bridgehead atoms. The minimum atomic E-state index is -3.96. The van der Waals surface area contributed by atoms with Crippen molar-refractivity contribution in [3.8, 4) is 0 Å². The first-order valence-corrected chi connectivity index (χ1v) is 8.00. The van der Waals surface area contributed by atoms with Crippen LogP contribution in [0.4, 0.5) is 8.78 Å². The Hall–Kier alpha value is -1.79. The summed E-state index contributed by atoms with van der Waals surface area (Å²) >= 11 is 0. The molecule has 0 unspecified atom stereocenters. The zero-order valence-corrected chi connectivity index (χ0v) is 11.8. The van der Waals surface area contributed by atoms with Crippen molar-refractivity contribution < 1.29 is 17.2 Å². The van der Waals surface area contributed by atoms with E-state index >= 15 is 0 Å². The summed E-state index contributed by atoms with van der Waals surface area (Å²) in [7, 11) is -3.96. The second-order valence-electron chi connectivity index (χ2n) is 5.02. The Balaban J connectivity index is 1.91. The smallest absolute Gasteiger partial charge is 0.207 e.